The molecule has 1 aliphatic carbocycles. The van der Waals surface area contributed by atoms with Crippen molar-refractivity contribution in [3.63, 3.8) is 0 Å². The third-order valence-electron chi connectivity index (χ3n) is 7.94. The Hall–Kier alpha value is -3.29. The van der Waals surface area contributed by atoms with E-state index in [1.165, 1.54) is 24.1 Å². The van der Waals surface area contributed by atoms with Crippen LogP contribution in [0.3, 0.4) is 0 Å². The predicted molar refractivity (Wildman–Crippen MR) is 144 cm³/mol. The zero-order chi connectivity index (χ0) is 24.6. The molecule has 0 radical (unpaired) electrons. The van der Waals surface area contributed by atoms with Gasteiger partial charge in [0.15, 0.2) is 0 Å². The van der Waals surface area contributed by atoms with Gasteiger partial charge in [-0.05, 0) is 82.7 Å². The number of aryl methyl sites for hydroxylation is 1. The van der Waals surface area contributed by atoms with Crippen molar-refractivity contribution in [1.82, 2.24) is 29.2 Å². The second kappa shape index (κ2) is 9.64. The molecule has 6 rings (SSSR count). The molecule has 186 valence electrons. The molecular weight excluding hydrogens is 446 g/mol. The van der Waals surface area contributed by atoms with E-state index in [1.54, 1.807) is 0 Å². The second-order valence-corrected chi connectivity index (χ2v) is 10.5. The molecular formula is C29H35N7. The Kier molecular flexibility index (Phi) is 6.19. The zero-order valence-electron chi connectivity index (χ0n) is 21.5. The SMILES string of the molecule is CN(C)C1CCN(c2ccc(-c3c(CN(C)[C@H]4CCCc5cccnc54)nc4ccccn34)cn2)C1. The molecule has 1 aliphatic heterocycles. The second-order valence-electron chi connectivity index (χ2n) is 10.5. The van der Waals surface area contributed by atoms with Gasteiger partial charge in [0, 0.05) is 49.8 Å². The first-order valence-corrected chi connectivity index (χ1v) is 13.1. The maximum Gasteiger partial charge on any atom is 0.137 e. The van der Waals surface area contributed by atoms with Gasteiger partial charge in [-0.3, -0.25) is 14.3 Å². The third-order valence-corrected chi connectivity index (χ3v) is 7.94. The summed E-state index contributed by atoms with van der Waals surface area (Å²) in [6, 6.07) is 15.8. The standard InChI is InChI=1S/C29H35N7/c1-33(2)23-14-17-35(19-23)26-13-12-22(18-31-26)29-24(32-27-11-4-5-16-36(27)29)20-34(3)25-10-6-8-21-9-7-15-30-28(21)25/h4-5,7,9,11-13,15-16,18,23,25H,6,8,10,14,17,19-20H2,1-3H3/t23?,25-/m0/s1. The molecule has 2 aliphatic rings. The Morgan fingerprint density at radius 2 is 1.92 bits per heavy atom. The van der Waals surface area contributed by atoms with Gasteiger partial charge in [0.1, 0.15) is 11.5 Å². The molecule has 0 bridgehead atoms. The van der Waals surface area contributed by atoms with Crippen LogP contribution in [-0.2, 0) is 13.0 Å². The van der Waals surface area contributed by atoms with E-state index in [2.05, 4.69) is 88.9 Å². The first-order chi connectivity index (χ1) is 17.6. The van der Waals surface area contributed by atoms with Crippen molar-refractivity contribution in [3.05, 3.63) is 78.0 Å². The molecule has 1 saturated heterocycles. The van der Waals surface area contributed by atoms with Gasteiger partial charge in [0.05, 0.1) is 23.1 Å². The summed E-state index contributed by atoms with van der Waals surface area (Å²) >= 11 is 0. The lowest BCUT2D eigenvalue weighted by Gasteiger charge is -2.32. The molecule has 1 fully saturated rings. The Balaban J connectivity index is 1.30. The number of fused-ring (bicyclic) bond motifs is 2. The summed E-state index contributed by atoms with van der Waals surface area (Å²) in [5.41, 5.74) is 6.89. The van der Waals surface area contributed by atoms with Crippen LogP contribution in [0.2, 0.25) is 0 Å². The fourth-order valence-electron chi connectivity index (χ4n) is 5.91. The number of nitrogens with zero attached hydrogens (tertiary/aromatic N) is 7. The van der Waals surface area contributed by atoms with Crippen molar-refractivity contribution < 1.29 is 0 Å². The van der Waals surface area contributed by atoms with Gasteiger partial charge >= 0.3 is 0 Å². The molecule has 1 unspecified atom stereocenters. The highest BCUT2D eigenvalue weighted by atomic mass is 15.3. The zero-order valence-corrected chi connectivity index (χ0v) is 21.5. The molecule has 7 heteroatoms. The van der Waals surface area contributed by atoms with Crippen molar-refractivity contribution in [2.45, 2.75) is 44.3 Å². The topological polar surface area (TPSA) is 52.8 Å². The quantitative estimate of drug-likeness (QED) is 0.406. The molecule has 4 aromatic heterocycles. The molecule has 0 saturated carbocycles. The number of rotatable bonds is 6. The normalized spacial score (nSPS) is 20.0. The van der Waals surface area contributed by atoms with Crippen molar-refractivity contribution in [2.75, 3.05) is 39.1 Å². The Morgan fingerprint density at radius 3 is 2.72 bits per heavy atom. The highest BCUT2D eigenvalue weighted by molar-refractivity contribution is 5.68. The number of hydrogen-bond donors (Lipinski definition) is 0. The predicted octanol–water partition coefficient (Wildman–Crippen LogP) is 4.44. The van der Waals surface area contributed by atoms with E-state index in [9.17, 15) is 0 Å². The molecule has 2 atom stereocenters. The largest absolute Gasteiger partial charge is 0.355 e. The van der Waals surface area contributed by atoms with Gasteiger partial charge in [-0.1, -0.05) is 12.1 Å². The average molecular weight is 482 g/mol. The first kappa shape index (κ1) is 23.1. The van der Waals surface area contributed by atoms with Crippen LogP contribution in [0.15, 0.2) is 61.1 Å². The summed E-state index contributed by atoms with van der Waals surface area (Å²) in [6.45, 7) is 2.84. The molecule has 0 amide bonds. The summed E-state index contributed by atoms with van der Waals surface area (Å²) in [6.07, 6.45) is 10.7. The summed E-state index contributed by atoms with van der Waals surface area (Å²) in [4.78, 5) is 21.9. The number of aromatic nitrogens is 4. The minimum absolute atomic E-state index is 0.313. The van der Waals surface area contributed by atoms with Crippen molar-refractivity contribution >= 4 is 11.5 Å². The minimum atomic E-state index is 0.313. The molecule has 5 heterocycles. The van der Waals surface area contributed by atoms with Crippen LogP contribution in [0, 0.1) is 0 Å². The van der Waals surface area contributed by atoms with Gasteiger partial charge in [-0.25, -0.2) is 9.97 Å². The van der Waals surface area contributed by atoms with Crippen LogP contribution >= 0.6 is 0 Å². The lowest BCUT2D eigenvalue weighted by atomic mass is 9.91. The smallest absolute Gasteiger partial charge is 0.137 e. The molecule has 4 aromatic rings. The van der Waals surface area contributed by atoms with Gasteiger partial charge < -0.3 is 9.80 Å². The number of pyridine rings is 3. The van der Waals surface area contributed by atoms with Gasteiger partial charge in [0.2, 0.25) is 0 Å². The van der Waals surface area contributed by atoms with E-state index in [0.717, 1.165) is 60.9 Å². The Morgan fingerprint density at radius 1 is 1.00 bits per heavy atom. The summed E-state index contributed by atoms with van der Waals surface area (Å²) in [7, 11) is 6.53. The van der Waals surface area contributed by atoms with E-state index in [4.69, 9.17) is 15.0 Å². The van der Waals surface area contributed by atoms with Gasteiger partial charge in [0.25, 0.3) is 0 Å². The molecule has 7 nitrogen and oxygen atoms in total. The molecule has 0 aromatic carbocycles. The van der Waals surface area contributed by atoms with Crippen molar-refractivity contribution in [1.29, 1.82) is 0 Å². The van der Waals surface area contributed by atoms with Crippen LogP contribution in [0.4, 0.5) is 5.82 Å². The number of hydrogen-bond acceptors (Lipinski definition) is 6. The maximum absolute atomic E-state index is 5.07. The van der Waals surface area contributed by atoms with E-state index < -0.39 is 0 Å². The first-order valence-electron chi connectivity index (χ1n) is 13.1. The van der Waals surface area contributed by atoms with Crippen LogP contribution < -0.4 is 4.90 Å². The van der Waals surface area contributed by atoms with E-state index >= 15 is 0 Å². The molecule has 0 N–H and O–H groups in total. The van der Waals surface area contributed by atoms with E-state index in [1.807, 2.05) is 12.4 Å². The van der Waals surface area contributed by atoms with Gasteiger partial charge in [-0.2, -0.15) is 0 Å². The van der Waals surface area contributed by atoms with Crippen LogP contribution in [0.5, 0.6) is 0 Å². The maximum atomic E-state index is 5.07. The molecule has 36 heavy (non-hydrogen) atoms. The van der Waals surface area contributed by atoms with Crippen molar-refractivity contribution in [3.8, 4) is 11.3 Å². The van der Waals surface area contributed by atoms with E-state index in [-0.39, 0.29) is 0 Å². The Labute approximate surface area is 213 Å². The minimum Gasteiger partial charge on any atom is -0.355 e. The third kappa shape index (κ3) is 4.27. The van der Waals surface area contributed by atoms with Crippen LogP contribution in [-0.4, -0.2) is 69.4 Å². The molecule has 0 spiro atoms. The fraction of sp³-hybridized carbons (Fsp3) is 0.414. The van der Waals surface area contributed by atoms with Crippen LogP contribution in [0.1, 0.15) is 42.3 Å². The van der Waals surface area contributed by atoms with Crippen LogP contribution in [0.25, 0.3) is 16.9 Å². The van der Waals surface area contributed by atoms with Gasteiger partial charge in [-0.15, -0.1) is 0 Å². The lowest BCUT2D eigenvalue weighted by Crippen LogP contribution is -2.31. The van der Waals surface area contributed by atoms with Crippen molar-refractivity contribution in [2.24, 2.45) is 0 Å². The number of likely N-dealkylation sites (N-methyl/N-ethyl adjacent to an activating group) is 1. The lowest BCUT2D eigenvalue weighted by molar-refractivity contribution is 0.207. The fourth-order valence-corrected chi connectivity index (χ4v) is 5.91. The number of imidazole rings is 1. The summed E-state index contributed by atoms with van der Waals surface area (Å²) < 4.78 is 2.20. The monoisotopic (exact) mass is 481 g/mol. The summed E-state index contributed by atoms with van der Waals surface area (Å²) in [5, 5.41) is 0. The highest BCUT2D eigenvalue weighted by Crippen LogP contribution is 2.34. The number of anilines is 1. The summed E-state index contributed by atoms with van der Waals surface area (Å²) in [5.74, 6) is 1.06. The highest BCUT2D eigenvalue weighted by Gasteiger charge is 2.27. The average Bonchev–Trinajstić information content (AvgIpc) is 3.54. The Bertz CT molecular complexity index is 1340. The van der Waals surface area contributed by atoms with E-state index in [0.29, 0.717) is 12.1 Å².